The van der Waals surface area contributed by atoms with E-state index in [1.165, 1.54) is 0 Å². The van der Waals surface area contributed by atoms with Crippen molar-refractivity contribution in [3.63, 3.8) is 0 Å². The van der Waals surface area contributed by atoms with Crippen molar-refractivity contribution in [1.29, 1.82) is 0 Å². The Morgan fingerprint density at radius 3 is 2.44 bits per heavy atom. The van der Waals surface area contributed by atoms with Crippen LogP contribution in [-0.4, -0.2) is 59.7 Å². The van der Waals surface area contributed by atoms with Gasteiger partial charge in [0.05, 0.1) is 11.6 Å². The highest BCUT2D eigenvalue weighted by molar-refractivity contribution is 5.78. The average molecular weight is 449 g/mol. The molecule has 3 fully saturated rings. The summed E-state index contributed by atoms with van der Waals surface area (Å²) in [5.41, 5.74) is -1.81. The first-order valence-electron chi connectivity index (χ1n) is 11.1. The molecule has 3 saturated carbocycles. The predicted molar refractivity (Wildman–Crippen MR) is 115 cm³/mol. The molecule has 1 heterocycles. The molecule has 1 aliphatic heterocycles. The van der Waals surface area contributed by atoms with Gasteiger partial charge in [0, 0.05) is 11.6 Å². The van der Waals surface area contributed by atoms with Crippen LogP contribution in [0.5, 0.6) is 17.2 Å². The van der Waals surface area contributed by atoms with Gasteiger partial charge >= 0.3 is 6.09 Å². The molecule has 4 aliphatic rings. The summed E-state index contributed by atoms with van der Waals surface area (Å²) < 4.78 is 22.0. The van der Waals surface area contributed by atoms with Crippen LogP contribution in [0.1, 0.15) is 52.9 Å². The lowest BCUT2D eigenvalue weighted by Gasteiger charge is -2.56. The van der Waals surface area contributed by atoms with Crippen LogP contribution in [0, 0.1) is 0 Å². The third-order valence-corrected chi connectivity index (χ3v) is 6.36. The van der Waals surface area contributed by atoms with E-state index >= 15 is 0 Å². The zero-order valence-electron chi connectivity index (χ0n) is 18.9. The van der Waals surface area contributed by atoms with E-state index in [1.807, 2.05) is 0 Å². The fraction of sp³-hybridized carbons (Fsp3) is 0.652. The first-order chi connectivity index (χ1) is 15.1. The van der Waals surface area contributed by atoms with E-state index in [9.17, 15) is 14.7 Å². The summed E-state index contributed by atoms with van der Waals surface area (Å²) in [6, 6.07) is 5.21. The molecule has 3 N–H and O–H groups in total. The van der Waals surface area contributed by atoms with Gasteiger partial charge in [-0.2, -0.15) is 0 Å². The first kappa shape index (κ1) is 22.5. The number of carbonyl (C=O) groups is 2. The minimum absolute atomic E-state index is 0.140. The van der Waals surface area contributed by atoms with E-state index in [0.29, 0.717) is 62.6 Å². The van der Waals surface area contributed by atoms with Gasteiger partial charge in [0.2, 0.25) is 0 Å². The zero-order valence-corrected chi connectivity index (χ0v) is 18.9. The van der Waals surface area contributed by atoms with Crippen molar-refractivity contribution in [2.24, 2.45) is 0 Å². The monoisotopic (exact) mass is 448 g/mol. The minimum atomic E-state index is -0.767. The molecule has 2 amide bonds. The van der Waals surface area contributed by atoms with Gasteiger partial charge in [-0.05, 0) is 65.0 Å². The summed E-state index contributed by atoms with van der Waals surface area (Å²) in [4.78, 5) is 24.9. The van der Waals surface area contributed by atoms with E-state index in [4.69, 9.17) is 18.9 Å². The van der Waals surface area contributed by atoms with Crippen LogP contribution in [-0.2, 0) is 9.53 Å². The van der Waals surface area contributed by atoms with E-state index in [1.54, 1.807) is 39.0 Å². The average Bonchev–Trinajstić information content (AvgIpc) is 2.72. The summed E-state index contributed by atoms with van der Waals surface area (Å²) in [5.74, 6) is 1.54. The van der Waals surface area contributed by atoms with Crippen LogP contribution < -0.4 is 24.8 Å². The number of fused-ring (bicyclic) bond motifs is 4. The highest BCUT2D eigenvalue weighted by Gasteiger charge is 2.55. The molecule has 0 saturated heterocycles. The molecule has 1 aromatic carbocycles. The van der Waals surface area contributed by atoms with Gasteiger partial charge in [0.1, 0.15) is 24.6 Å². The van der Waals surface area contributed by atoms with Crippen LogP contribution >= 0.6 is 0 Å². The molecule has 1 atom stereocenters. The van der Waals surface area contributed by atoms with E-state index in [2.05, 4.69) is 10.6 Å². The topological polar surface area (TPSA) is 115 Å². The second kappa shape index (κ2) is 8.35. The number of hydrogen-bond donors (Lipinski definition) is 3. The first-order valence-corrected chi connectivity index (χ1v) is 11.1. The second-order valence-corrected chi connectivity index (χ2v) is 9.93. The maximum Gasteiger partial charge on any atom is 0.408 e. The van der Waals surface area contributed by atoms with Gasteiger partial charge in [0.25, 0.3) is 5.91 Å². The Labute approximate surface area is 187 Å². The second-order valence-electron chi connectivity index (χ2n) is 9.93. The minimum Gasteiger partial charge on any atom is -0.486 e. The molecule has 3 aliphatic carbocycles. The molecule has 9 heteroatoms. The molecule has 2 bridgehead atoms. The van der Waals surface area contributed by atoms with Crippen LogP contribution in [0.2, 0.25) is 0 Å². The largest absolute Gasteiger partial charge is 0.486 e. The fourth-order valence-electron chi connectivity index (χ4n) is 4.76. The molecule has 9 nitrogen and oxygen atoms in total. The molecule has 1 aromatic rings. The van der Waals surface area contributed by atoms with Gasteiger partial charge < -0.3 is 34.7 Å². The maximum atomic E-state index is 12.6. The lowest BCUT2D eigenvalue weighted by molar-refractivity contribution is -0.129. The Kier molecular flexibility index (Phi) is 5.87. The Bertz CT molecular complexity index is 872. The number of amides is 2. The van der Waals surface area contributed by atoms with Crippen molar-refractivity contribution in [2.45, 2.75) is 75.7 Å². The number of aliphatic hydroxyl groups excluding tert-OH is 1. The number of benzene rings is 1. The smallest absolute Gasteiger partial charge is 0.408 e. The number of nitrogens with one attached hydrogen (secondary N) is 2. The summed E-state index contributed by atoms with van der Waals surface area (Å²) in [5, 5.41) is 16.8. The molecule has 176 valence electrons. The highest BCUT2D eigenvalue weighted by Crippen LogP contribution is 2.47. The molecule has 0 spiro atoms. The normalized spacial score (nSPS) is 28.6. The summed E-state index contributed by atoms with van der Waals surface area (Å²) >= 11 is 0. The summed E-state index contributed by atoms with van der Waals surface area (Å²) in [6.07, 6.45) is 1.54. The number of alkyl carbamates (subject to hydrolysis) is 1. The number of carbonyl (C=O) groups excluding carboxylic acids is 2. The third kappa shape index (κ3) is 4.87. The number of aliphatic hydroxyl groups is 1. The van der Waals surface area contributed by atoms with Gasteiger partial charge in [-0.1, -0.05) is 0 Å². The number of rotatable bonds is 5. The van der Waals surface area contributed by atoms with E-state index in [-0.39, 0.29) is 12.5 Å². The van der Waals surface area contributed by atoms with E-state index < -0.39 is 28.9 Å². The Morgan fingerprint density at radius 2 is 1.78 bits per heavy atom. The molecule has 5 rings (SSSR count). The van der Waals surface area contributed by atoms with Crippen molar-refractivity contribution in [2.75, 3.05) is 19.8 Å². The van der Waals surface area contributed by atoms with Crippen molar-refractivity contribution < 1.29 is 33.6 Å². The van der Waals surface area contributed by atoms with Gasteiger partial charge in [-0.15, -0.1) is 0 Å². The van der Waals surface area contributed by atoms with Crippen molar-refractivity contribution in [1.82, 2.24) is 10.6 Å². The molecule has 0 unspecified atom stereocenters. The Morgan fingerprint density at radius 1 is 1.09 bits per heavy atom. The van der Waals surface area contributed by atoms with Gasteiger partial charge in [0.15, 0.2) is 18.1 Å². The van der Waals surface area contributed by atoms with Crippen LogP contribution in [0.15, 0.2) is 18.2 Å². The van der Waals surface area contributed by atoms with Crippen molar-refractivity contribution >= 4 is 12.0 Å². The Balaban J connectivity index is 1.30. The summed E-state index contributed by atoms with van der Waals surface area (Å²) in [6.45, 7) is 6.25. The molecular weight excluding hydrogens is 416 g/mol. The molecule has 0 aromatic heterocycles. The standard InChI is InChI=1S/C23H32N2O7/c1-21(2,3)32-20(28)25-23-8-6-22(7-9-23,13-18(23)26)24-19(27)14-31-15-4-5-16-17(12-15)30-11-10-29-16/h4-5,12,18,26H,6-11,13-14H2,1-3H3,(H,24,27)(H,25,28)/t18-,22?,23?/m0/s1. The van der Waals surface area contributed by atoms with Crippen molar-refractivity contribution in [3.8, 4) is 17.2 Å². The Hall–Kier alpha value is -2.68. The quantitative estimate of drug-likeness (QED) is 0.633. The zero-order chi connectivity index (χ0) is 23.0. The molecule has 0 radical (unpaired) electrons. The summed E-state index contributed by atoms with van der Waals surface area (Å²) in [7, 11) is 0. The predicted octanol–water partition coefficient (Wildman–Crippen LogP) is 2.29. The van der Waals surface area contributed by atoms with Gasteiger partial charge in [-0.3, -0.25) is 4.79 Å². The molecular formula is C23H32N2O7. The van der Waals surface area contributed by atoms with Crippen molar-refractivity contribution in [3.05, 3.63) is 18.2 Å². The molecule has 32 heavy (non-hydrogen) atoms. The van der Waals surface area contributed by atoms with E-state index in [0.717, 1.165) is 0 Å². The number of hydrogen-bond acceptors (Lipinski definition) is 7. The lowest BCUT2D eigenvalue weighted by Crippen LogP contribution is -2.70. The SMILES string of the molecule is CC(C)(C)OC(=O)NC12CCC(NC(=O)COc3ccc4c(c3)OCCO4)(CC1)C[C@@H]2O. The van der Waals surface area contributed by atoms with Gasteiger partial charge in [-0.25, -0.2) is 4.79 Å². The third-order valence-electron chi connectivity index (χ3n) is 6.36. The highest BCUT2D eigenvalue weighted by atomic mass is 16.6. The van der Waals surface area contributed by atoms with Crippen LogP contribution in [0.3, 0.4) is 0 Å². The maximum absolute atomic E-state index is 12.6. The fourth-order valence-corrected chi connectivity index (χ4v) is 4.76. The van der Waals surface area contributed by atoms with Crippen LogP contribution in [0.4, 0.5) is 4.79 Å². The lowest BCUT2D eigenvalue weighted by atomic mass is 9.60. The number of ether oxygens (including phenoxy) is 4. The van der Waals surface area contributed by atoms with Crippen LogP contribution in [0.25, 0.3) is 0 Å².